The highest BCUT2D eigenvalue weighted by molar-refractivity contribution is 6.06. The van der Waals surface area contributed by atoms with Crippen LogP contribution in [0, 0.1) is 0 Å². The number of carbonyl (C=O) groups is 3. The maximum atomic E-state index is 12.4. The van der Waals surface area contributed by atoms with E-state index in [4.69, 9.17) is 0 Å². The number of rotatable bonds is 2. The second kappa shape index (κ2) is 4.83. The topological polar surface area (TPSA) is 84.3 Å². The molecule has 1 N–H and O–H groups in total. The molecule has 1 aromatic heterocycles. The first kappa shape index (κ1) is 13.3. The lowest BCUT2D eigenvalue weighted by molar-refractivity contribution is -0.138. The van der Waals surface area contributed by atoms with Gasteiger partial charge in [0.15, 0.2) is 0 Å². The maximum absolute atomic E-state index is 12.4. The van der Waals surface area contributed by atoms with Crippen LogP contribution < -0.4 is 5.32 Å². The third kappa shape index (κ3) is 2.35. The lowest BCUT2D eigenvalue weighted by Gasteiger charge is -2.31. The van der Waals surface area contributed by atoms with Crippen molar-refractivity contribution in [3.8, 4) is 0 Å². The summed E-state index contributed by atoms with van der Waals surface area (Å²) < 4.78 is 1.48. The first-order valence-corrected chi connectivity index (χ1v) is 6.11. The molecule has 1 atom stereocenters. The average molecular weight is 264 g/mol. The van der Waals surface area contributed by atoms with E-state index >= 15 is 0 Å². The number of piperazine rings is 1. The van der Waals surface area contributed by atoms with Gasteiger partial charge in [0, 0.05) is 7.05 Å². The van der Waals surface area contributed by atoms with Crippen LogP contribution in [-0.2, 0) is 23.1 Å². The van der Waals surface area contributed by atoms with Gasteiger partial charge in [-0.2, -0.15) is 5.10 Å². The smallest absolute Gasteiger partial charge is 0.273 e. The van der Waals surface area contributed by atoms with E-state index < -0.39 is 17.9 Å². The van der Waals surface area contributed by atoms with Crippen LogP contribution in [0.4, 0.5) is 0 Å². The minimum atomic E-state index is -0.662. The van der Waals surface area contributed by atoms with Gasteiger partial charge < -0.3 is 4.90 Å². The second-order valence-corrected chi connectivity index (χ2v) is 4.52. The van der Waals surface area contributed by atoms with Gasteiger partial charge in [-0.05, 0) is 19.4 Å². The number of aryl methyl sites for hydroxylation is 2. The SMILES string of the molecule is CCc1cc(C(=O)N2CC(=O)NC(=O)C2C)n(C)n1. The molecule has 19 heavy (non-hydrogen) atoms. The van der Waals surface area contributed by atoms with Crippen molar-refractivity contribution < 1.29 is 14.4 Å². The summed E-state index contributed by atoms with van der Waals surface area (Å²) in [5.74, 6) is -1.28. The van der Waals surface area contributed by atoms with Crippen LogP contribution in [0.1, 0.15) is 30.0 Å². The molecular formula is C12H16N4O3. The molecule has 3 amide bonds. The van der Waals surface area contributed by atoms with Crippen molar-refractivity contribution in [2.75, 3.05) is 6.54 Å². The molecule has 1 aliphatic rings. The third-order valence-corrected chi connectivity index (χ3v) is 3.20. The Bertz CT molecular complexity index is 549. The first-order valence-electron chi connectivity index (χ1n) is 6.11. The number of carbonyl (C=O) groups excluding carboxylic acids is 3. The molecule has 0 bridgehead atoms. The largest absolute Gasteiger partial charge is 0.316 e. The molecule has 0 aromatic carbocycles. The summed E-state index contributed by atoms with van der Waals surface area (Å²) in [6, 6.07) is 1.02. The van der Waals surface area contributed by atoms with E-state index in [0.29, 0.717) is 5.69 Å². The quantitative estimate of drug-likeness (QED) is 0.728. The fourth-order valence-electron chi connectivity index (χ4n) is 2.01. The summed E-state index contributed by atoms with van der Waals surface area (Å²) >= 11 is 0. The Morgan fingerprint density at radius 1 is 1.53 bits per heavy atom. The number of hydrogen-bond acceptors (Lipinski definition) is 4. The predicted molar refractivity (Wildman–Crippen MR) is 66.2 cm³/mol. The molecular weight excluding hydrogens is 248 g/mol. The lowest BCUT2D eigenvalue weighted by atomic mass is 10.1. The van der Waals surface area contributed by atoms with E-state index in [1.807, 2.05) is 6.92 Å². The van der Waals surface area contributed by atoms with E-state index in [2.05, 4.69) is 10.4 Å². The highest BCUT2D eigenvalue weighted by Gasteiger charge is 2.35. The number of nitrogens with zero attached hydrogens (tertiary/aromatic N) is 3. The molecule has 2 rings (SSSR count). The second-order valence-electron chi connectivity index (χ2n) is 4.52. The Hall–Kier alpha value is -2.18. The van der Waals surface area contributed by atoms with Gasteiger partial charge in [0.05, 0.1) is 5.69 Å². The Labute approximate surface area is 110 Å². The highest BCUT2D eigenvalue weighted by atomic mass is 16.2. The molecule has 1 unspecified atom stereocenters. The van der Waals surface area contributed by atoms with Crippen molar-refractivity contribution in [2.45, 2.75) is 26.3 Å². The summed E-state index contributed by atoms with van der Waals surface area (Å²) in [5.41, 5.74) is 1.18. The van der Waals surface area contributed by atoms with E-state index in [1.165, 1.54) is 9.58 Å². The van der Waals surface area contributed by atoms with Gasteiger partial charge in [-0.25, -0.2) is 0 Å². The normalized spacial score (nSPS) is 19.5. The zero-order valence-corrected chi connectivity index (χ0v) is 11.1. The number of hydrogen-bond donors (Lipinski definition) is 1. The van der Waals surface area contributed by atoms with Crippen LogP contribution in [0.5, 0.6) is 0 Å². The number of nitrogens with one attached hydrogen (secondary N) is 1. The van der Waals surface area contributed by atoms with Crippen LogP contribution in [0.15, 0.2) is 6.07 Å². The first-order chi connectivity index (χ1) is 8.93. The molecule has 0 saturated carbocycles. The van der Waals surface area contributed by atoms with Gasteiger partial charge in [0.2, 0.25) is 11.8 Å². The summed E-state index contributed by atoms with van der Waals surface area (Å²) in [6.07, 6.45) is 0.718. The van der Waals surface area contributed by atoms with Gasteiger partial charge >= 0.3 is 0 Å². The lowest BCUT2D eigenvalue weighted by Crippen LogP contribution is -2.58. The van der Waals surface area contributed by atoms with Crippen LogP contribution in [0.2, 0.25) is 0 Å². The molecule has 0 radical (unpaired) electrons. The van der Waals surface area contributed by atoms with Crippen LogP contribution in [0.3, 0.4) is 0 Å². The van der Waals surface area contributed by atoms with Crippen LogP contribution >= 0.6 is 0 Å². The highest BCUT2D eigenvalue weighted by Crippen LogP contribution is 2.12. The van der Waals surface area contributed by atoms with Crippen molar-refractivity contribution in [1.29, 1.82) is 0 Å². The van der Waals surface area contributed by atoms with E-state index in [-0.39, 0.29) is 12.5 Å². The van der Waals surface area contributed by atoms with Gasteiger partial charge in [0.1, 0.15) is 18.3 Å². The molecule has 1 saturated heterocycles. The standard InChI is InChI=1S/C12H16N4O3/c1-4-8-5-9(15(3)14-8)12(19)16-6-10(17)13-11(18)7(16)2/h5,7H,4,6H2,1-3H3,(H,13,17,18). The Morgan fingerprint density at radius 3 is 2.79 bits per heavy atom. The van der Waals surface area contributed by atoms with Gasteiger partial charge in [-0.1, -0.05) is 6.92 Å². The van der Waals surface area contributed by atoms with Gasteiger partial charge in [-0.15, -0.1) is 0 Å². The van der Waals surface area contributed by atoms with Crippen molar-refractivity contribution >= 4 is 17.7 Å². The fraction of sp³-hybridized carbons (Fsp3) is 0.500. The van der Waals surface area contributed by atoms with Crippen molar-refractivity contribution in [2.24, 2.45) is 7.05 Å². The Kier molecular flexibility index (Phi) is 3.37. The van der Waals surface area contributed by atoms with E-state index in [0.717, 1.165) is 12.1 Å². The van der Waals surface area contributed by atoms with E-state index in [1.54, 1.807) is 20.0 Å². The maximum Gasteiger partial charge on any atom is 0.273 e. The minimum absolute atomic E-state index is 0.113. The third-order valence-electron chi connectivity index (χ3n) is 3.20. The van der Waals surface area contributed by atoms with Crippen LogP contribution in [0.25, 0.3) is 0 Å². The molecule has 0 aliphatic carbocycles. The molecule has 1 aromatic rings. The Morgan fingerprint density at radius 2 is 2.21 bits per heavy atom. The minimum Gasteiger partial charge on any atom is -0.316 e. The molecule has 1 aliphatic heterocycles. The molecule has 102 valence electrons. The molecule has 2 heterocycles. The summed E-state index contributed by atoms with van der Waals surface area (Å²) in [4.78, 5) is 36.6. The van der Waals surface area contributed by atoms with E-state index in [9.17, 15) is 14.4 Å². The molecule has 1 fully saturated rings. The predicted octanol–water partition coefficient (Wildman–Crippen LogP) is -0.530. The fourth-order valence-corrected chi connectivity index (χ4v) is 2.01. The number of aromatic nitrogens is 2. The summed E-state index contributed by atoms with van der Waals surface area (Å²) in [6.45, 7) is 3.42. The molecule has 7 heteroatoms. The van der Waals surface area contributed by atoms with Crippen molar-refractivity contribution in [3.05, 3.63) is 17.5 Å². The van der Waals surface area contributed by atoms with Crippen LogP contribution in [-0.4, -0.2) is 45.0 Å². The Balaban J connectivity index is 2.29. The molecule has 7 nitrogen and oxygen atoms in total. The monoisotopic (exact) mass is 264 g/mol. The number of imide groups is 1. The van der Waals surface area contributed by atoms with Gasteiger partial charge in [-0.3, -0.25) is 24.4 Å². The molecule has 0 spiro atoms. The van der Waals surface area contributed by atoms with Crippen molar-refractivity contribution in [3.63, 3.8) is 0 Å². The van der Waals surface area contributed by atoms with Crippen molar-refractivity contribution in [1.82, 2.24) is 20.0 Å². The number of amides is 3. The van der Waals surface area contributed by atoms with Gasteiger partial charge in [0.25, 0.3) is 5.91 Å². The summed E-state index contributed by atoms with van der Waals surface area (Å²) in [5, 5.41) is 6.39. The summed E-state index contributed by atoms with van der Waals surface area (Å²) in [7, 11) is 1.67. The zero-order valence-electron chi connectivity index (χ0n) is 11.1. The average Bonchev–Trinajstić information content (AvgIpc) is 2.74. The zero-order chi connectivity index (χ0) is 14.2.